The van der Waals surface area contributed by atoms with Gasteiger partial charge < -0.3 is 14.8 Å². The molecule has 0 aromatic heterocycles. The number of ether oxygens (including phenoxy) is 2. The van der Waals surface area contributed by atoms with Crippen molar-refractivity contribution >= 4 is 5.91 Å². The Labute approximate surface area is 165 Å². The first-order valence-electron chi connectivity index (χ1n) is 9.23. The van der Waals surface area contributed by atoms with Crippen molar-refractivity contribution in [1.29, 1.82) is 0 Å². The second-order valence-electron chi connectivity index (χ2n) is 6.83. The third-order valence-electron chi connectivity index (χ3n) is 5.02. The number of benzene rings is 2. The van der Waals surface area contributed by atoms with Crippen LogP contribution in [0.1, 0.15) is 24.0 Å². The van der Waals surface area contributed by atoms with E-state index >= 15 is 0 Å². The molecule has 29 heavy (non-hydrogen) atoms. The number of nitrogens with one attached hydrogen (secondary N) is 1. The van der Waals surface area contributed by atoms with Gasteiger partial charge in [-0.05, 0) is 54.8 Å². The minimum atomic E-state index is -4.40. The lowest BCUT2D eigenvalue weighted by Gasteiger charge is -2.36. The number of amides is 1. The minimum absolute atomic E-state index is 0.104. The molecule has 4 nitrogen and oxygen atoms in total. The van der Waals surface area contributed by atoms with Gasteiger partial charge in [0, 0.05) is 13.2 Å². The molecule has 1 fully saturated rings. The highest BCUT2D eigenvalue weighted by Gasteiger charge is 2.41. The molecule has 2 aromatic rings. The molecule has 0 radical (unpaired) electrons. The maximum atomic E-state index is 13.3. The van der Waals surface area contributed by atoms with Crippen molar-refractivity contribution in [2.45, 2.75) is 24.4 Å². The Bertz CT molecular complexity index is 813. The number of hydrogen-bond acceptors (Lipinski definition) is 3. The highest BCUT2D eigenvalue weighted by atomic mass is 19.4. The second kappa shape index (κ2) is 8.82. The summed E-state index contributed by atoms with van der Waals surface area (Å²) in [4.78, 5) is 12.9. The molecule has 0 saturated carbocycles. The summed E-state index contributed by atoms with van der Waals surface area (Å²) in [6.45, 7) is 1.14. The van der Waals surface area contributed by atoms with Crippen LogP contribution >= 0.6 is 0 Å². The van der Waals surface area contributed by atoms with E-state index in [2.05, 4.69) is 5.32 Å². The van der Waals surface area contributed by atoms with Crippen LogP contribution in [0, 0.1) is 5.82 Å². The van der Waals surface area contributed by atoms with Gasteiger partial charge in [0.2, 0.25) is 5.91 Å². The Kier molecular flexibility index (Phi) is 6.42. The maximum absolute atomic E-state index is 13.3. The van der Waals surface area contributed by atoms with Crippen molar-refractivity contribution < 1.29 is 31.8 Å². The molecule has 1 heterocycles. The molecule has 0 unspecified atom stereocenters. The van der Waals surface area contributed by atoms with Crippen LogP contribution in [0.2, 0.25) is 0 Å². The summed E-state index contributed by atoms with van der Waals surface area (Å²) in [5.41, 5.74) is -0.831. The third kappa shape index (κ3) is 5.06. The van der Waals surface area contributed by atoms with Crippen LogP contribution in [0.4, 0.5) is 17.6 Å². The monoisotopic (exact) mass is 411 g/mol. The summed E-state index contributed by atoms with van der Waals surface area (Å²) >= 11 is 0. The first-order chi connectivity index (χ1) is 13.8. The van der Waals surface area contributed by atoms with Gasteiger partial charge in [-0.25, -0.2) is 4.39 Å². The molecular formula is C21H21F4NO3. The predicted octanol–water partition coefficient (Wildman–Crippen LogP) is 4.09. The fraction of sp³-hybridized carbons (Fsp3) is 0.381. The van der Waals surface area contributed by atoms with Crippen molar-refractivity contribution in [3.63, 3.8) is 0 Å². The van der Waals surface area contributed by atoms with E-state index < -0.39 is 17.2 Å². The Morgan fingerprint density at radius 3 is 2.24 bits per heavy atom. The van der Waals surface area contributed by atoms with Gasteiger partial charge in [0.05, 0.1) is 17.5 Å². The average Bonchev–Trinajstić information content (AvgIpc) is 2.71. The van der Waals surface area contributed by atoms with Crippen molar-refractivity contribution in [3.8, 4) is 5.75 Å². The van der Waals surface area contributed by atoms with Crippen LogP contribution in [0.3, 0.4) is 0 Å². The van der Waals surface area contributed by atoms with Crippen LogP contribution in [0.5, 0.6) is 5.75 Å². The standard InChI is InChI=1S/C21H21F4NO3/c22-17-5-1-15(2-6-17)20(9-12-28-13-10-20)19(27)26-11-14-29-18-7-3-16(4-8-18)21(23,24)25/h1-8H,9-14H2,(H,26,27). The highest BCUT2D eigenvalue weighted by Crippen LogP contribution is 2.35. The van der Waals surface area contributed by atoms with E-state index in [1.165, 1.54) is 24.3 Å². The largest absolute Gasteiger partial charge is 0.492 e. The SMILES string of the molecule is O=C(NCCOc1ccc(C(F)(F)F)cc1)C1(c2ccc(F)cc2)CCOCC1. The number of carbonyl (C=O) groups excluding carboxylic acids is 1. The zero-order valence-electron chi connectivity index (χ0n) is 15.6. The van der Waals surface area contributed by atoms with Crippen LogP contribution in [-0.4, -0.2) is 32.3 Å². The van der Waals surface area contributed by atoms with Gasteiger partial charge in [-0.2, -0.15) is 13.2 Å². The van der Waals surface area contributed by atoms with E-state index in [-0.39, 0.29) is 30.6 Å². The number of rotatable bonds is 6. The molecule has 156 valence electrons. The van der Waals surface area contributed by atoms with Gasteiger partial charge in [-0.3, -0.25) is 4.79 Å². The fourth-order valence-corrected chi connectivity index (χ4v) is 3.38. The predicted molar refractivity (Wildman–Crippen MR) is 98.1 cm³/mol. The average molecular weight is 411 g/mol. The molecule has 1 amide bonds. The van der Waals surface area contributed by atoms with E-state index in [0.717, 1.165) is 17.7 Å². The molecule has 1 saturated heterocycles. The summed E-state index contributed by atoms with van der Waals surface area (Å²) in [5.74, 6) is -0.295. The van der Waals surface area contributed by atoms with E-state index in [4.69, 9.17) is 9.47 Å². The molecule has 3 rings (SSSR count). The van der Waals surface area contributed by atoms with E-state index in [1.807, 2.05) is 0 Å². The smallest absolute Gasteiger partial charge is 0.416 e. The van der Waals surface area contributed by atoms with E-state index in [9.17, 15) is 22.4 Å². The summed E-state index contributed by atoms with van der Waals surface area (Å²) < 4.78 is 61.8. The second-order valence-corrected chi connectivity index (χ2v) is 6.83. The van der Waals surface area contributed by atoms with E-state index in [0.29, 0.717) is 26.1 Å². The summed E-state index contributed by atoms with van der Waals surface area (Å²) in [5, 5.41) is 2.82. The molecule has 1 aliphatic rings. The summed E-state index contributed by atoms with van der Waals surface area (Å²) in [7, 11) is 0. The fourth-order valence-electron chi connectivity index (χ4n) is 3.38. The Morgan fingerprint density at radius 1 is 1.03 bits per heavy atom. The number of hydrogen-bond donors (Lipinski definition) is 1. The topological polar surface area (TPSA) is 47.6 Å². The van der Waals surface area contributed by atoms with Crippen molar-refractivity contribution in [1.82, 2.24) is 5.32 Å². The first kappa shape index (κ1) is 21.1. The lowest BCUT2D eigenvalue weighted by molar-refractivity contribution is -0.137. The van der Waals surface area contributed by atoms with Gasteiger partial charge >= 0.3 is 6.18 Å². The first-order valence-corrected chi connectivity index (χ1v) is 9.23. The molecule has 0 spiro atoms. The Hall–Kier alpha value is -2.61. The van der Waals surface area contributed by atoms with Crippen LogP contribution in [-0.2, 0) is 21.1 Å². The normalized spacial score (nSPS) is 16.3. The lowest BCUT2D eigenvalue weighted by Crippen LogP contribution is -2.48. The van der Waals surface area contributed by atoms with Gasteiger partial charge in [0.1, 0.15) is 18.2 Å². The third-order valence-corrected chi connectivity index (χ3v) is 5.02. The molecule has 1 N–H and O–H groups in total. The van der Waals surface area contributed by atoms with Crippen molar-refractivity contribution in [2.75, 3.05) is 26.4 Å². The van der Waals surface area contributed by atoms with Gasteiger partial charge in [-0.15, -0.1) is 0 Å². The van der Waals surface area contributed by atoms with Crippen molar-refractivity contribution in [3.05, 3.63) is 65.5 Å². The molecular weight excluding hydrogens is 390 g/mol. The zero-order valence-corrected chi connectivity index (χ0v) is 15.6. The maximum Gasteiger partial charge on any atom is 0.416 e. The quantitative estimate of drug-likeness (QED) is 0.576. The molecule has 0 atom stereocenters. The Balaban J connectivity index is 1.57. The number of carbonyl (C=O) groups is 1. The van der Waals surface area contributed by atoms with Crippen molar-refractivity contribution in [2.24, 2.45) is 0 Å². The Morgan fingerprint density at radius 2 is 1.66 bits per heavy atom. The summed E-state index contributed by atoms with van der Waals surface area (Å²) in [6.07, 6.45) is -3.45. The molecule has 0 bridgehead atoms. The van der Waals surface area contributed by atoms with Crippen LogP contribution in [0.15, 0.2) is 48.5 Å². The highest BCUT2D eigenvalue weighted by molar-refractivity contribution is 5.88. The van der Waals surface area contributed by atoms with Gasteiger partial charge in [0.25, 0.3) is 0 Å². The minimum Gasteiger partial charge on any atom is -0.492 e. The number of alkyl halides is 3. The zero-order chi connectivity index (χ0) is 20.9. The molecule has 0 aliphatic carbocycles. The summed E-state index contributed by atoms with van der Waals surface area (Å²) in [6, 6.07) is 10.2. The number of halogens is 4. The van der Waals surface area contributed by atoms with Crippen LogP contribution < -0.4 is 10.1 Å². The molecule has 1 aliphatic heterocycles. The molecule has 8 heteroatoms. The lowest BCUT2D eigenvalue weighted by atomic mass is 9.73. The van der Waals surface area contributed by atoms with Gasteiger partial charge in [-0.1, -0.05) is 12.1 Å². The van der Waals surface area contributed by atoms with E-state index in [1.54, 1.807) is 12.1 Å². The van der Waals surface area contributed by atoms with Crippen LogP contribution in [0.25, 0.3) is 0 Å². The molecule has 2 aromatic carbocycles. The van der Waals surface area contributed by atoms with Gasteiger partial charge in [0.15, 0.2) is 0 Å².